The standard InChI is InChI=1S/C12H25N/c1-5-6-7-8-12-11(4)9-13(12)10(2)3/h10-12H,5-9H2,1-4H3. The molecule has 1 heterocycles. The summed E-state index contributed by atoms with van der Waals surface area (Å²) in [7, 11) is 0. The van der Waals surface area contributed by atoms with Gasteiger partial charge >= 0.3 is 0 Å². The molecule has 1 nitrogen and oxygen atoms in total. The van der Waals surface area contributed by atoms with Gasteiger partial charge in [-0.25, -0.2) is 0 Å². The molecular formula is C12H25N. The van der Waals surface area contributed by atoms with Gasteiger partial charge in [-0.05, 0) is 26.2 Å². The van der Waals surface area contributed by atoms with Gasteiger partial charge in [-0.1, -0.05) is 33.1 Å². The van der Waals surface area contributed by atoms with Crippen LogP contribution in [0.5, 0.6) is 0 Å². The van der Waals surface area contributed by atoms with E-state index in [-0.39, 0.29) is 0 Å². The second-order valence-electron chi connectivity index (χ2n) is 4.83. The summed E-state index contributed by atoms with van der Waals surface area (Å²) in [5.41, 5.74) is 0. The molecule has 13 heavy (non-hydrogen) atoms. The van der Waals surface area contributed by atoms with Gasteiger partial charge in [0.25, 0.3) is 0 Å². The highest BCUT2D eigenvalue weighted by atomic mass is 15.2. The van der Waals surface area contributed by atoms with E-state index in [0.717, 1.165) is 18.0 Å². The predicted octanol–water partition coefficient (Wildman–Crippen LogP) is 3.30. The van der Waals surface area contributed by atoms with Gasteiger partial charge in [0.15, 0.2) is 0 Å². The van der Waals surface area contributed by atoms with Gasteiger partial charge in [-0.15, -0.1) is 0 Å². The van der Waals surface area contributed by atoms with Crippen molar-refractivity contribution in [3.63, 3.8) is 0 Å². The number of unbranched alkanes of at least 4 members (excludes halogenated alkanes) is 2. The fraction of sp³-hybridized carbons (Fsp3) is 1.00. The molecule has 0 spiro atoms. The first kappa shape index (κ1) is 11.0. The summed E-state index contributed by atoms with van der Waals surface area (Å²) in [6.45, 7) is 10.6. The molecule has 0 aromatic rings. The third-order valence-electron chi connectivity index (χ3n) is 3.35. The molecule has 1 aliphatic heterocycles. The smallest absolute Gasteiger partial charge is 0.0136 e. The number of rotatable bonds is 5. The van der Waals surface area contributed by atoms with Crippen LogP contribution < -0.4 is 0 Å². The average molecular weight is 183 g/mol. The Morgan fingerprint density at radius 2 is 2.00 bits per heavy atom. The van der Waals surface area contributed by atoms with Crippen LogP contribution in [0.15, 0.2) is 0 Å². The highest BCUT2D eigenvalue weighted by Crippen LogP contribution is 2.30. The molecule has 0 N–H and O–H groups in total. The van der Waals surface area contributed by atoms with Crippen LogP contribution in [0.4, 0.5) is 0 Å². The molecule has 1 rings (SSSR count). The minimum Gasteiger partial charge on any atom is -0.297 e. The molecule has 1 fully saturated rings. The molecule has 0 amide bonds. The van der Waals surface area contributed by atoms with Crippen molar-refractivity contribution in [2.45, 2.75) is 65.5 Å². The van der Waals surface area contributed by atoms with E-state index in [1.807, 2.05) is 0 Å². The van der Waals surface area contributed by atoms with E-state index in [4.69, 9.17) is 0 Å². The Bertz CT molecular complexity index is 142. The number of likely N-dealkylation sites (tertiary alicyclic amines) is 1. The van der Waals surface area contributed by atoms with Crippen LogP contribution in [0, 0.1) is 5.92 Å². The summed E-state index contributed by atoms with van der Waals surface area (Å²) in [6, 6.07) is 1.65. The van der Waals surface area contributed by atoms with E-state index in [0.29, 0.717) is 0 Å². The molecule has 2 unspecified atom stereocenters. The van der Waals surface area contributed by atoms with Crippen molar-refractivity contribution in [1.29, 1.82) is 0 Å². The van der Waals surface area contributed by atoms with Crippen molar-refractivity contribution >= 4 is 0 Å². The lowest BCUT2D eigenvalue weighted by Gasteiger charge is -2.49. The summed E-state index contributed by atoms with van der Waals surface area (Å²) in [5.74, 6) is 0.944. The van der Waals surface area contributed by atoms with E-state index >= 15 is 0 Å². The largest absolute Gasteiger partial charge is 0.297 e. The number of hydrogen-bond donors (Lipinski definition) is 0. The molecule has 0 aromatic carbocycles. The van der Waals surface area contributed by atoms with E-state index in [1.165, 1.54) is 32.2 Å². The Labute approximate surface area is 83.5 Å². The van der Waals surface area contributed by atoms with Crippen molar-refractivity contribution in [3.05, 3.63) is 0 Å². The van der Waals surface area contributed by atoms with Gasteiger partial charge < -0.3 is 0 Å². The maximum atomic E-state index is 2.65. The summed E-state index contributed by atoms with van der Waals surface area (Å²) in [5, 5.41) is 0. The lowest BCUT2D eigenvalue weighted by Crippen LogP contribution is -2.57. The first-order valence-electron chi connectivity index (χ1n) is 5.92. The Morgan fingerprint density at radius 1 is 1.31 bits per heavy atom. The van der Waals surface area contributed by atoms with Crippen LogP contribution in [0.2, 0.25) is 0 Å². The Morgan fingerprint density at radius 3 is 2.46 bits per heavy atom. The summed E-state index contributed by atoms with van der Waals surface area (Å²) < 4.78 is 0. The lowest BCUT2D eigenvalue weighted by atomic mass is 9.85. The normalized spacial score (nSPS) is 29.3. The fourth-order valence-electron chi connectivity index (χ4n) is 2.43. The van der Waals surface area contributed by atoms with Crippen LogP contribution >= 0.6 is 0 Å². The molecule has 0 bridgehead atoms. The van der Waals surface area contributed by atoms with Gasteiger partial charge in [0.1, 0.15) is 0 Å². The SMILES string of the molecule is CCCCCC1C(C)CN1C(C)C. The molecule has 0 aromatic heterocycles. The zero-order valence-electron chi connectivity index (χ0n) is 9.71. The fourth-order valence-corrected chi connectivity index (χ4v) is 2.43. The van der Waals surface area contributed by atoms with Gasteiger partial charge in [0.05, 0.1) is 0 Å². The molecule has 0 aliphatic carbocycles. The highest BCUT2D eigenvalue weighted by Gasteiger charge is 2.35. The highest BCUT2D eigenvalue weighted by molar-refractivity contribution is 4.90. The summed E-state index contributed by atoms with van der Waals surface area (Å²) >= 11 is 0. The predicted molar refractivity (Wildman–Crippen MR) is 58.9 cm³/mol. The van der Waals surface area contributed by atoms with Crippen molar-refractivity contribution in [1.82, 2.24) is 4.90 Å². The van der Waals surface area contributed by atoms with Crippen molar-refractivity contribution in [2.75, 3.05) is 6.54 Å². The summed E-state index contributed by atoms with van der Waals surface area (Å²) in [4.78, 5) is 2.65. The van der Waals surface area contributed by atoms with E-state index in [1.54, 1.807) is 0 Å². The van der Waals surface area contributed by atoms with Gasteiger partial charge in [0, 0.05) is 18.6 Å². The van der Waals surface area contributed by atoms with Crippen molar-refractivity contribution in [3.8, 4) is 0 Å². The third kappa shape index (κ3) is 2.70. The maximum absolute atomic E-state index is 2.65. The Hall–Kier alpha value is -0.0400. The van der Waals surface area contributed by atoms with Gasteiger partial charge in [0.2, 0.25) is 0 Å². The Kier molecular flexibility index (Phi) is 4.24. The molecule has 2 atom stereocenters. The van der Waals surface area contributed by atoms with E-state index in [2.05, 4.69) is 32.6 Å². The topological polar surface area (TPSA) is 3.24 Å². The van der Waals surface area contributed by atoms with Crippen LogP contribution in [0.1, 0.15) is 53.4 Å². The van der Waals surface area contributed by atoms with Crippen LogP contribution in [0.25, 0.3) is 0 Å². The Balaban J connectivity index is 2.22. The zero-order valence-corrected chi connectivity index (χ0v) is 9.71. The molecule has 1 saturated heterocycles. The van der Waals surface area contributed by atoms with Crippen molar-refractivity contribution < 1.29 is 0 Å². The second kappa shape index (κ2) is 4.99. The minimum atomic E-state index is 0.753. The monoisotopic (exact) mass is 183 g/mol. The molecule has 0 saturated carbocycles. The first-order valence-corrected chi connectivity index (χ1v) is 5.92. The number of hydrogen-bond acceptors (Lipinski definition) is 1. The molecule has 1 aliphatic rings. The number of nitrogens with zero attached hydrogens (tertiary/aromatic N) is 1. The minimum absolute atomic E-state index is 0.753. The maximum Gasteiger partial charge on any atom is 0.0136 e. The summed E-state index contributed by atoms with van der Waals surface area (Å²) in [6.07, 6.45) is 5.61. The average Bonchev–Trinajstić information content (AvgIpc) is 2.07. The molecular weight excluding hydrogens is 158 g/mol. The van der Waals surface area contributed by atoms with E-state index in [9.17, 15) is 0 Å². The van der Waals surface area contributed by atoms with Crippen molar-refractivity contribution in [2.24, 2.45) is 5.92 Å². The third-order valence-corrected chi connectivity index (χ3v) is 3.35. The lowest BCUT2D eigenvalue weighted by molar-refractivity contribution is -0.00820. The first-order chi connectivity index (χ1) is 6.16. The molecule has 1 heteroatoms. The molecule has 78 valence electrons. The van der Waals surface area contributed by atoms with Crippen LogP contribution in [-0.4, -0.2) is 23.5 Å². The zero-order chi connectivity index (χ0) is 9.84. The van der Waals surface area contributed by atoms with Crippen LogP contribution in [-0.2, 0) is 0 Å². The quantitative estimate of drug-likeness (QED) is 0.591. The van der Waals surface area contributed by atoms with E-state index < -0.39 is 0 Å². The van der Waals surface area contributed by atoms with Gasteiger partial charge in [-0.2, -0.15) is 0 Å². The van der Waals surface area contributed by atoms with Gasteiger partial charge in [-0.3, -0.25) is 4.90 Å². The second-order valence-corrected chi connectivity index (χ2v) is 4.83. The van der Waals surface area contributed by atoms with Crippen LogP contribution in [0.3, 0.4) is 0 Å². The molecule has 0 radical (unpaired) electrons.